The first-order chi connectivity index (χ1) is 7.65. The van der Waals surface area contributed by atoms with Crippen LogP contribution in [0, 0.1) is 6.92 Å². The van der Waals surface area contributed by atoms with Gasteiger partial charge in [-0.3, -0.25) is 0 Å². The van der Waals surface area contributed by atoms with Crippen LogP contribution in [0.4, 0.5) is 0 Å². The van der Waals surface area contributed by atoms with E-state index in [9.17, 15) is 0 Å². The van der Waals surface area contributed by atoms with E-state index in [2.05, 4.69) is 24.9 Å². The van der Waals surface area contributed by atoms with Gasteiger partial charge in [0.25, 0.3) is 0 Å². The Balaban J connectivity index is 2.87. The molecule has 0 bridgehead atoms. The molecule has 1 aromatic carbocycles. The molecule has 0 fully saturated rings. The Labute approximate surface area is 96.3 Å². The van der Waals surface area contributed by atoms with Crippen molar-refractivity contribution in [3.05, 3.63) is 35.5 Å². The Morgan fingerprint density at radius 3 is 2.50 bits per heavy atom. The van der Waals surface area contributed by atoms with Gasteiger partial charge in [0, 0.05) is 10.9 Å². The fourth-order valence-corrected chi connectivity index (χ4v) is 2.18. The zero-order chi connectivity index (χ0) is 11.7. The van der Waals surface area contributed by atoms with Crippen molar-refractivity contribution in [2.24, 2.45) is 0 Å². The lowest BCUT2D eigenvalue weighted by atomic mass is 9.96. The van der Waals surface area contributed by atoms with Crippen LogP contribution >= 0.6 is 0 Å². The third kappa shape index (κ3) is 1.64. The number of fused-ring (bicyclic) bond motifs is 1. The average Bonchev–Trinajstić information content (AvgIpc) is 2.26. The number of nitrogens with zero attached hydrogens (tertiary/aromatic N) is 1. The van der Waals surface area contributed by atoms with Crippen LogP contribution < -0.4 is 4.74 Å². The maximum Gasteiger partial charge on any atom is 0.144 e. The van der Waals surface area contributed by atoms with Gasteiger partial charge in [0.05, 0.1) is 18.3 Å². The van der Waals surface area contributed by atoms with Crippen LogP contribution in [0.25, 0.3) is 10.9 Å². The van der Waals surface area contributed by atoms with Crippen LogP contribution in [0.2, 0.25) is 0 Å². The first-order valence-corrected chi connectivity index (χ1v) is 5.58. The van der Waals surface area contributed by atoms with E-state index in [1.165, 1.54) is 10.9 Å². The van der Waals surface area contributed by atoms with Crippen molar-refractivity contribution < 1.29 is 4.74 Å². The molecule has 0 aliphatic rings. The summed E-state index contributed by atoms with van der Waals surface area (Å²) in [6, 6.07) is 8.23. The number of pyridine rings is 1. The van der Waals surface area contributed by atoms with Crippen LogP contribution in [0.1, 0.15) is 31.0 Å². The molecule has 0 N–H and O–H groups in total. The molecule has 1 aromatic heterocycles. The Kier molecular flexibility index (Phi) is 2.82. The van der Waals surface area contributed by atoms with Gasteiger partial charge in [0.15, 0.2) is 0 Å². The van der Waals surface area contributed by atoms with E-state index in [4.69, 9.17) is 4.74 Å². The van der Waals surface area contributed by atoms with Crippen molar-refractivity contribution in [3.8, 4) is 5.75 Å². The first-order valence-electron chi connectivity index (χ1n) is 5.58. The molecule has 2 aromatic rings. The predicted octanol–water partition coefficient (Wildman–Crippen LogP) is 3.68. The van der Waals surface area contributed by atoms with Crippen LogP contribution in [0.5, 0.6) is 5.75 Å². The molecule has 0 saturated carbocycles. The lowest BCUT2D eigenvalue weighted by Gasteiger charge is -2.16. The maximum atomic E-state index is 5.48. The smallest absolute Gasteiger partial charge is 0.144 e. The summed E-state index contributed by atoms with van der Waals surface area (Å²) in [6.07, 6.45) is 0. The number of aromatic nitrogens is 1. The van der Waals surface area contributed by atoms with Gasteiger partial charge < -0.3 is 4.74 Å². The minimum Gasteiger partial charge on any atom is -0.495 e. The fraction of sp³-hybridized carbons (Fsp3) is 0.357. The summed E-state index contributed by atoms with van der Waals surface area (Å²) in [7, 11) is 1.71. The zero-order valence-corrected chi connectivity index (χ0v) is 10.2. The molecule has 0 radical (unpaired) electrons. The van der Waals surface area contributed by atoms with Crippen molar-refractivity contribution in [1.82, 2.24) is 4.98 Å². The Bertz CT molecular complexity index is 517. The molecule has 84 valence electrons. The number of hydrogen-bond acceptors (Lipinski definition) is 2. The summed E-state index contributed by atoms with van der Waals surface area (Å²) in [5.74, 6) is 1.36. The third-order valence-electron chi connectivity index (χ3n) is 2.84. The number of ether oxygens (including phenoxy) is 1. The molecule has 0 unspecified atom stereocenters. The first kappa shape index (κ1) is 10.9. The van der Waals surface area contributed by atoms with Crippen molar-refractivity contribution in [2.45, 2.75) is 26.7 Å². The van der Waals surface area contributed by atoms with E-state index >= 15 is 0 Å². The van der Waals surface area contributed by atoms with Crippen LogP contribution in [0.3, 0.4) is 0 Å². The molecule has 2 rings (SSSR count). The largest absolute Gasteiger partial charge is 0.495 e. The minimum atomic E-state index is 0.432. The van der Waals surface area contributed by atoms with Gasteiger partial charge in [-0.25, -0.2) is 4.98 Å². The van der Waals surface area contributed by atoms with Crippen LogP contribution in [-0.2, 0) is 0 Å². The lowest BCUT2D eigenvalue weighted by molar-refractivity contribution is 0.403. The van der Waals surface area contributed by atoms with Crippen molar-refractivity contribution >= 4 is 10.9 Å². The highest BCUT2D eigenvalue weighted by Gasteiger charge is 2.15. The van der Waals surface area contributed by atoms with E-state index in [1.54, 1.807) is 7.11 Å². The molecule has 2 heteroatoms. The van der Waals surface area contributed by atoms with Crippen molar-refractivity contribution in [2.75, 3.05) is 7.11 Å². The summed E-state index contributed by atoms with van der Waals surface area (Å²) in [4.78, 5) is 4.56. The molecular formula is C14H17NO. The molecule has 0 spiro atoms. The molecule has 16 heavy (non-hydrogen) atoms. The van der Waals surface area contributed by atoms with E-state index in [0.29, 0.717) is 5.92 Å². The topological polar surface area (TPSA) is 22.1 Å². The molecule has 1 heterocycles. The Morgan fingerprint density at radius 1 is 1.19 bits per heavy atom. The third-order valence-corrected chi connectivity index (χ3v) is 2.84. The number of rotatable bonds is 2. The molecule has 0 aliphatic carbocycles. The highest BCUT2D eigenvalue weighted by molar-refractivity contribution is 5.85. The van der Waals surface area contributed by atoms with Gasteiger partial charge in [-0.05, 0) is 18.9 Å². The lowest BCUT2D eigenvalue weighted by Crippen LogP contribution is -2.00. The number of aryl methyl sites for hydroxylation is 1. The minimum absolute atomic E-state index is 0.432. The van der Waals surface area contributed by atoms with E-state index < -0.39 is 0 Å². The number of benzene rings is 1. The summed E-state index contributed by atoms with van der Waals surface area (Å²) in [5, 5.41) is 1.19. The molecule has 0 saturated heterocycles. The van der Waals surface area contributed by atoms with Crippen LogP contribution in [-0.4, -0.2) is 12.1 Å². The average molecular weight is 215 g/mol. The standard InChI is InChI=1S/C14H17NO/c1-9(2)13-11-7-5-6-8-12(11)15-10(3)14(13)16-4/h5-9H,1-4H3. The number of methoxy groups -OCH3 is 1. The second-order valence-corrected chi connectivity index (χ2v) is 4.32. The number of hydrogen-bond donors (Lipinski definition) is 0. The van der Waals surface area contributed by atoms with E-state index in [-0.39, 0.29) is 0 Å². The monoisotopic (exact) mass is 215 g/mol. The van der Waals surface area contributed by atoms with Crippen molar-refractivity contribution in [1.29, 1.82) is 0 Å². The molecule has 0 amide bonds. The predicted molar refractivity (Wildman–Crippen MR) is 67.1 cm³/mol. The van der Waals surface area contributed by atoms with Gasteiger partial charge in [-0.15, -0.1) is 0 Å². The van der Waals surface area contributed by atoms with Gasteiger partial charge in [-0.1, -0.05) is 32.0 Å². The summed E-state index contributed by atoms with van der Waals surface area (Å²) in [5.41, 5.74) is 3.26. The highest BCUT2D eigenvalue weighted by atomic mass is 16.5. The second kappa shape index (κ2) is 4.12. The maximum absolute atomic E-state index is 5.48. The van der Waals surface area contributed by atoms with Crippen molar-refractivity contribution in [3.63, 3.8) is 0 Å². The number of para-hydroxylation sites is 1. The van der Waals surface area contributed by atoms with Gasteiger partial charge in [0.1, 0.15) is 5.75 Å². The molecular weight excluding hydrogens is 198 g/mol. The zero-order valence-electron chi connectivity index (χ0n) is 10.2. The normalized spacial score (nSPS) is 11.1. The molecule has 0 aliphatic heterocycles. The molecule has 2 nitrogen and oxygen atoms in total. The fourth-order valence-electron chi connectivity index (χ4n) is 2.18. The van der Waals surface area contributed by atoms with Gasteiger partial charge in [-0.2, -0.15) is 0 Å². The SMILES string of the molecule is COc1c(C)nc2ccccc2c1C(C)C. The summed E-state index contributed by atoms with van der Waals surface area (Å²) in [6.45, 7) is 6.37. The summed E-state index contributed by atoms with van der Waals surface area (Å²) >= 11 is 0. The van der Waals surface area contributed by atoms with Crippen LogP contribution in [0.15, 0.2) is 24.3 Å². The highest BCUT2D eigenvalue weighted by Crippen LogP contribution is 2.34. The molecule has 0 atom stereocenters. The second-order valence-electron chi connectivity index (χ2n) is 4.32. The van der Waals surface area contributed by atoms with E-state index in [0.717, 1.165) is 17.0 Å². The summed E-state index contributed by atoms with van der Waals surface area (Å²) < 4.78 is 5.48. The Hall–Kier alpha value is -1.57. The van der Waals surface area contributed by atoms with Gasteiger partial charge in [0.2, 0.25) is 0 Å². The quantitative estimate of drug-likeness (QED) is 0.762. The Morgan fingerprint density at radius 2 is 1.88 bits per heavy atom. The van der Waals surface area contributed by atoms with Gasteiger partial charge >= 0.3 is 0 Å². The van der Waals surface area contributed by atoms with E-state index in [1.807, 2.05) is 25.1 Å².